The minimum Gasteiger partial charge on any atom is -0.450 e. The van der Waals surface area contributed by atoms with E-state index in [2.05, 4.69) is 0 Å². The van der Waals surface area contributed by atoms with E-state index in [0.29, 0.717) is 36.5 Å². The molecule has 0 bridgehead atoms. The number of piperidine rings is 1. The van der Waals surface area contributed by atoms with Gasteiger partial charge in [0.1, 0.15) is 5.60 Å². The molecule has 0 aromatic heterocycles. The fourth-order valence-electron chi connectivity index (χ4n) is 3.56. The minimum absolute atomic E-state index is 0.219. The van der Waals surface area contributed by atoms with Gasteiger partial charge >= 0.3 is 5.97 Å². The zero-order valence-electron chi connectivity index (χ0n) is 13.3. The van der Waals surface area contributed by atoms with Crippen LogP contribution < -0.4 is 0 Å². The lowest BCUT2D eigenvalue weighted by molar-refractivity contribution is -0.0329. The second-order valence-electron chi connectivity index (χ2n) is 6.29. The molecule has 0 unspecified atom stereocenters. The fraction of sp³-hybridized carbons (Fsp3) is 0.278. The Balaban J connectivity index is 1.58. The molecule has 25 heavy (non-hydrogen) atoms. The van der Waals surface area contributed by atoms with Gasteiger partial charge in [-0.2, -0.15) is 4.31 Å². The van der Waals surface area contributed by atoms with Crippen molar-refractivity contribution in [2.24, 2.45) is 0 Å². The van der Waals surface area contributed by atoms with E-state index in [1.54, 1.807) is 24.3 Å². The molecular formula is C18H16ClNO4S. The summed E-state index contributed by atoms with van der Waals surface area (Å²) in [5, 5.41) is 0.492. The second kappa shape index (κ2) is 5.83. The third kappa shape index (κ3) is 2.65. The summed E-state index contributed by atoms with van der Waals surface area (Å²) in [5.41, 5.74) is 0.736. The predicted octanol–water partition coefficient (Wildman–Crippen LogP) is 3.19. The number of carbonyl (C=O) groups excluding carboxylic acids is 1. The largest absolute Gasteiger partial charge is 0.450 e. The van der Waals surface area contributed by atoms with Crippen molar-refractivity contribution in [2.75, 3.05) is 13.1 Å². The molecule has 130 valence electrons. The Kier molecular flexibility index (Phi) is 3.86. The summed E-state index contributed by atoms with van der Waals surface area (Å²) in [6.07, 6.45) is 0.894. The summed E-state index contributed by atoms with van der Waals surface area (Å²) >= 11 is 5.83. The van der Waals surface area contributed by atoms with Crippen molar-refractivity contribution in [1.82, 2.24) is 4.31 Å². The molecule has 0 N–H and O–H groups in total. The van der Waals surface area contributed by atoms with Gasteiger partial charge in [-0.15, -0.1) is 0 Å². The topological polar surface area (TPSA) is 63.7 Å². The summed E-state index contributed by atoms with van der Waals surface area (Å²) in [6.45, 7) is 0.596. The van der Waals surface area contributed by atoms with E-state index in [1.807, 2.05) is 12.1 Å². The number of fused-ring (bicyclic) bond motifs is 2. The highest BCUT2D eigenvalue weighted by molar-refractivity contribution is 7.89. The number of benzene rings is 2. The van der Waals surface area contributed by atoms with Gasteiger partial charge in [-0.3, -0.25) is 0 Å². The van der Waals surface area contributed by atoms with E-state index in [4.69, 9.17) is 16.3 Å². The third-order valence-electron chi connectivity index (χ3n) is 4.91. The van der Waals surface area contributed by atoms with Crippen LogP contribution in [0.1, 0.15) is 28.8 Å². The van der Waals surface area contributed by atoms with E-state index < -0.39 is 15.6 Å². The lowest BCUT2D eigenvalue weighted by atomic mass is 9.84. The molecule has 4 rings (SSSR count). The number of hydrogen-bond acceptors (Lipinski definition) is 4. The minimum atomic E-state index is -3.58. The van der Waals surface area contributed by atoms with Crippen LogP contribution in [-0.4, -0.2) is 31.8 Å². The number of carbonyl (C=O) groups is 1. The third-order valence-corrected chi connectivity index (χ3v) is 7.07. The van der Waals surface area contributed by atoms with Crippen molar-refractivity contribution in [3.63, 3.8) is 0 Å². The van der Waals surface area contributed by atoms with E-state index in [1.165, 1.54) is 16.4 Å². The fourth-order valence-corrected chi connectivity index (χ4v) is 5.13. The van der Waals surface area contributed by atoms with Gasteiger partial charge in [0, 0.05) is 36.5 Å². The van der Waals surface area contributed by atoms with Gasteiger partial charge in [-0.05, 0) is 30.3 Å². The molecule has 7 heteroatoms. The molecule has 0 saturated carbocycles. The van der Waals surface area contributed by atoms with Gasteiger partial charge in [-0.1, -0.05) is 29.8 Å². The smallest absolute Gasteiger partial charge is 0.339 e. The lowest BCUT2D eigenvalue weighted by Gasteiger charge is -2.37. The molecule has 0 aliphatic carbocycles. The molecule has 2 aromatic carbocycles. The number of rotatable bonds is 2. The SMILES string of the molecule is O=C1OC2(CCN(S(=O)(=O)c3ccc(Cl)cc3)CC2)c2ccccc21. The Bertz CT molecular complexity index is 932. The van der Waals surface area contributed by atoms with Gasteiger partial charge in [0.15, 0.2) is 0 Å². The van der Waals surface area contributed by atoms with Crippen LogP contribution in [0.4, 0.5) is 0 Å². The van der Waals surface area contributed by atoms with Crippen LogP contribution in [0, 0.1) is 0 Å². The molecule has 2 aliphatic rings. The molecule has 1 spiro atoms. The molecule has 0 amide bonds. The first-order valence-electron chi connectivity index (χ1n) is 8.01. The van der Waals surface area contributed by atoms with Crippen molar-refractivity contribution < 1.29 is 17.9 Å². The van der Waals surface area contributed by atoms with Gasteiger partial charge in [0.05, 0.1) is 10.5 Å². The maximum absolute atomic E-state index is 12.8. The number of nitrogens with zero attached hydrogens (tertiary/aromatic N) is 1. The highest BCUT2D eigenvalue weighted by atomic mass is 35.5. The maximum atomic E-state index is 12.8. The average Bonchev–Trinajstić information content (AvgIpc) is 2.88. The molecule has 0 atom stereocenters. The van der Waals surface area contributed by atoms with Crippen LogP contribution in [0.15, 0.2) is 53.4 Å². The summed E-state index contributed by atoms with van der Waals surface area (Å²) in [6, 6.07) is 13.5. The Morgan fingerprint density at radius 1 is 1.00 bits per heavy atom. The second-order valence-corrected chi connectivity index (χ2v) is 8.66. The number of esters is 1. The van der Waals surface area contributed by atoms with Crippen LogP contribution in [0.3, 0.4) is 0 Å². The summed E-state index contributed by atoms with van der Waals surface area (Å²) in [4.78, 5) is 12.3. The molecule has 2 aromatic rings. The highest BCUT2D eigenvalue weighted by Crippen LogP contribution is 2.44. The van der Waals surface area contributed by atoms with E-state index in [9.17, 15) is 13.2 Å². The summed E-state index contributed by atoms with van der Waals surface area (Å²) in [5.74, 6) is -0.329. The van der Waals surface area contributed by atoms with Crippen LogP contribution >= 0.6 is 11.6 Å². The maximum Gasteiger partial charge on any atom is 0.339 e. The zero-order chi connectivity index (χ0) is 17.7. The standard InChI is InChI=1S/C18H16ClNO4S/c19-13-5-7-14(8-6-13)25(22,23)20-11-9-18(10-12-20)16-4-2-1-3-15(16)17(21)24-18/h1-8H,9-12H2. The summed E-state index contributed by atoms with van der Waals surface area (Å²) < 4.78 is 32.7. The molecule has 5 nitrogen and oxygen atoms in total. The Hall–Kier alpha value is -1.89. The van der Waals surface area contributed by atoms with Crippen LogP contribution in [-0.2, 0) is 20.4 Å². The van der Waals surface area contributed by atoms with Crippen molar-refractivity contribution in [1.29, 1.82) is 0 Å². The molecule has 2 aliphatic heterocycles. The Labute approximate surface area is 151 Å². The first-order chi connectivity index (χ1) is 11.9. The van der Waals surface area contributed by atoms with Crippen molar-refractivity contribution in [3.05, 3.63) is 64.7 Å². The van der Waals surface area contributed by atoms with Crippen molar-refractivity contribution in [3.8, 4) is 0 Å². The highest BCUT2D eigenvalue weighted by Gasteiger charge is 2.48. The molecule has 1 fully saturated rings. The molecule has 0 radical (unpaired) electrons. The van der Waals surface area contributed by atoms with Crippen LogP contribution in [0.2, 0.25) is 5.02 Å². The Morgan fingerprint density at radius 3 is 2.32 bits per heavy atom. The number of halogens is 1. The molecule has 1 saturated heterocycles. The first kappa shape index (κ1) is 16.6. The number of ether oxygens (including phenoxy) is 1. The quantitative estimate of drug-likeness (QED) is 0.754. The van der Waals surface area contributed by atoms with Crippen LogP contribution in [0.5, 0.6) is 0 Å². The number of sulfonamides is 1. The number of hydrogen-bond donors (Lipinski definition) is 0. The Morgan fingerprint density at radius 2 is 1.64 bits per heavy atom. The molecular weight excluding hydrogens is 362 g/mol. The zero-order valence-corrected chi connectivity index (χ0v) is 14.9. The van der Waals surface area contributed by atoms with Gasteiger partial charge in [0.25, 0.3) is 0 Å². The van der Waals surface area contributed by atoms with Crippen LogP contribution in [0.25, 0.3) is 0 Å². The van der Waals surface area contributed by atoms with Crippen molar-refractivity contribution >= 4 is 27.6 Å². The average molecular weight is 378 g/mol. The lowest BCUT2D eigenvalue weighted by Crippen LogP contribution is -2.45. The van der Waals surface area contributed by atoms with Crippen molar-refractivity contribution in [2.45, 2.75) is 23.3 Å². The van der Waals surface area contributed by atoms with E-state index in [0.717, 1.165) is 5.56 Å². The monoisotopic (exact) mass is 377 g/mol. The predicted molar refractivity (Wildman–Crippen MR) is 93.0 cm³/mol. The van der Waals surface area contributed by atoms with Gasteiger partial charge in [-0.25, -0.2) is 13.2 Å². The first-order valence-corrected chi connectivity index (χ1v) is 9.83. The van der Waals surface area contributed by atoms with E-state index >= 15 is 0 Å². The molecule has 2 heterocycles. The summed E-state index contributed by atoms with van der Waals surface area (Å²) in [7, 11) is -3.58. The van der Waals surface area contributed by atoms with E-state index in [-0.39, 0.29) is 10.9 Å². The van der Waals surface area contributed by atoms with Gasteiger partial charge in [0.2, 0.25) is 10.0 Å². The van der Waals surface area contributed by atoms with Gasteiger partial charge < -0.3 is 4.74 Å². The normalized spacial score (nSPS) is 19.6.